The van der Waals surface area contributed by atoms with Crippen LogP contribution in [0.2, 0.25) is 0 Å². The largest absolute Gasteiger partial charge is 0.490 e. The SMILES string of the molecule is O=C(C[NH+]1CCC[C@H]1c1ccc2c(c1)OCCCO2)NC1CCCCC1. The Balaban J connectivity index is 1.40. The molecule has 5 heteroatoms. The number of amides is 1. The minimum absolute atomic E-state index is 0.216. The number of hydrogen-bond donors (Lipinski definition) is 2. The molecule has 1 unspecified atom stereocenters. The molecular formula is C21H31N2O3+. The van der Waals surface area contributed by atoms with Gasteiger partial charge in [-0.3, -0.25) is 4.79 Å². The van der Waals surface area contributed by atoms with E-state index in [1.165, 1.54) is 36.1 Å². The fourth-order valence-electron chi connectivity index (χ4n) is 4.65. The quantitative estimate of drug-likeness (QED) is 0.865. The van der Waals surface area contributed by atoms with E-state index in [0.717, 1.165) is 43.7 Å². The first kappa shape index (κ1) is 17.7. The van der Waals surface area contributed by atoms with Gasteiger partial charge in [0, 0.05) is 30.9 Å². The maximum atomic E-state index is 12.5. The monoisotopic (exact) mass is 359 g/mol. The first-order valence-electron chi connectivity index (χ1n) is 10.3. The van der Waals surface area contributed by atoms with Crippen LogP contribution in [-0.4, -0.2) is 38.3 Å². The number of quaternary nitrogens is 1. The highest BCUT2D eigenvalue weighted by Gasteiger charge is 2.33. The predicted molar refractivity (Wildman–Crippen MR) is 99.7 cm³/mol. The van der Waals surface area contributed by atoms with Gasteiger partial charge in [-0.15, -0.1) is 0 Å². The standard InChI is InChI=1S/C21H30N2O3/c24-21(22-17-6-2-1-3-7-17)15-23-11-4-8-18(23)16-9-10-19-20(14-16)26-13-5-12-25-19/h9-10,14,17-18H,1-8,11-13,15H2,(H,22,24)/p+1/t18-/m0/s1. The van der Waals surface area contributed by atoms with E-state index in [4.69, 9.17) is 9.47 Å². The Labute approximate surface area is 156 Å². The molecule has 2 heterocycles. The number of benzene rings is 1. The molecule has 0 aromatic heterocycles. The van der Waals surface area contributed by atoms with Crippen LogP contribution in [0.5, 0.6) is 11.5 Å². The van der Waals surface area contributed by atoms with Crippen LogP contribution in [0.1, 0.15) is 63.0 Å². The van der Waals surface area contributed by atoms with Crippen molar-refractivity contribution in [3.63, 3.8) is 0 Å². The topological polar surface area (TPSA) is 52.0 Å². The summed E-state index contributed by atoms with van der Waals surface area (Å²) in [6.45, 7) is 3.07. The summed E-state index contributed by atoms with van der Waals surface area (Å²) < 4.78 is 11.6. The summed E-state index contributed by atoms with van der Waals surface area (Å²) in [6.07, 6.45) is 9.33. The number of carbonyl (C=O) groups excluding carboxylic acids is 1. The molecule has 2 aliphatic heterocycles. The van der Waals surface area contributed by atoms with Crippen molar-refractivity contribution in [1.82, 2.24) is 5.32 Å². The highest BCUT2D eigenvalue weighted by molar-refractivity contribution is 5.77. The fraction of sp³-hybridized carbons (Fsp3) is 0.667. The molecule has 2 fully saturated rings. The van der Waals surface area contributed by atoms with E-state index in [1.807, 2.05) is 6.07 Å². The summed E-state index contributed by atoms with van der Waals surface area (Å²) in [6, 6.07) is 7.10. The van der Waals surface area contributed by atoms with Gasteiger partial charge < -0.3 is 19.7 Å². The molecule has 0 spiro atoms. The maximum Gasteiger partial charge on any atom is 0.275 e. The van der Waals surface area contributed by atoms with Crippen molar-refractivity contribution < 1.29 is 19.2 Å². The van der Waals surface area contributed by atoms with E-state index < -0.39 is 0 Å². The fourth-order valence-corrected chi connectivity index (χ4v) is 4.65. The predicted octanol–water partition coefficient (Wildman–Crippen LogP) is 2.02. The lowest BCUT2D eigenvalue weighted by atomic mass is 9.95. The van der Waals surface area contributed by atoms with Crippen molar-refractivity contribution >= 4 is 5.91 Å². The van der Waals surface area contributed by atoms with Gasteiger partial charge in [0.2, 0.25) is 0 Å². The zero-order valence-electron chi connectivity index (χ0n) is 15.6. The Bertz CT molecular complexity index is 628. The van der Waals surface area contributed by atoms with Gasteiger partial charge in [0.25, 0.3) is 5.91 Å². The third-order valence-corrected chi connectivity index (χ3v) is 6.02. The summed E-state index contributed by atoms with van der Waals surface area (Å²) in [5, 5.41) is 3.27. The Kier molecular flexibility index (Phi) is 5.63. The first-order valence-corrected chi connectivity index (χ1v) is 10.3. The smallest absolute Gasteiger partial charge is 0.275 e. The van der Waals surface area contributed by atoms with Crippen LogP contribution in [0, 0.1) is 0 Å². The van der Waals surface area contributed by atoms with E-state index in [9.17, 15) is 4.79 Å². The number of fused-ring (bicyclic) bond motifs is 1. The molecule has 1 aliphatic carbocycles. The lowest BCUT2D eigenvalue weighted by Gasteiger charge is -2.25. The van der Waals surface area contributed by atoms with E-state index in [2.05, 4.69) is 17.4 Å². The Morgan fingerprint density at radius 1 is 1.00 bits per heavy atom. The minimum atomic E-state index is 0.216. The van der Waals surface area contributed by atoms with E-state index >= 15 is 0 Å². The van der Waals surface area contributed by atoms with Crippen LogP contribution in [0.25, 0.3) is 0 Å². The molecule has 1 aromatic rings. The number of nitrogens with one attached hydrogen (secondary N) is 2. The molecule has 2 N–H and O–H groups in total. The number of carbonyl (C=O) groups is 1. The number of likely N-dealkylation sites (tertiary alicyclic amines) is 1. The van der Waals surface area contributed by atoms with Crippen molar-refractivity contribution in [2.24, 2.45) is 0 Å². The van der Waals surface area contributed by atoms with Crippen molar-refractivity contribution in [2.45, 2.75) is 63.5 Å². The molecular weight excluding hydrogens is 328 g/mol. The van der Waals surface area contributed by atoms with Crippen LogP contribution < -0.4 is 19.7 Å². The molecule has 1 saturated heterocycles. The third-order valence-electron chi connectivity index (χ3n) is 6.02. The molecule has 4 rings (SSSR count). The highest BCUT2D eigenvalue weighted by atomic mass is 16.5. The summed E-state index contributed by atoms with van der Waals surface area (Å²) in [4.78, 5) is 13.9. The molecule has 0 radical (unpaired) electrons. The zero-order valence-corrected chi connectivity index (χ0v) is 15.6. The van der Waals surface area contributed by atoms with Gasteiger partial charge in [0.05, 0.1) is 19.8 Å². The average molecular weight is 359 g/mol. The molecule has 3 aliphatic rings. The minimum Gasteiger partial charge on any atom is -0.490 e. The molecule has 2 atom stereocenters. The molecule has 5 nitrogen and oxygen atoms in total. The summed E-state index contributed by atoms with van der Waals surface area (Å²) in [5.41, 5.74) is 1.27. The molecule has 26 heavy (non-hydrogen) atoms. The summed E-state index contributed by atoms with van der Waals surface area (Å²) >= 11 is 0. The molecule has 0 bridgehead atoms. The van der Waals surface area contributed by atoms with E-state index in [1.54, 1.807) is 0 Å². The second kappa shape index (κ2) is 8.30. The Morgan fingerprint density at radius 3 is 2.65 bits per heavy atom. The maximum absolute atomic E-state index is 12.5. The van der Waals surface area contributed by atoms with Crippen LogP contribution in [-0.2, 0) is 4.79 Å². The van der Waals surface area contributed by atoms with Crippen molar-refractivity contribution in [3.05, 3.63) is 23.8 Å². The third kappa shape index (κ3) is 4.14. The summed E-state index contributed by atoms with van der Waals surface area (Å²) in [5.74, 6) is 1.92. The van der Waals surface area contributed by atoms with Crippen LogP contribution >= 0.6 is 0 Å². The Morgan fingerprint density at radius 2 is 1.81 bits per heavy atom. The first-order chi connectivity index (χ1) is 12.8. The molecule has 1 aromatic carbocycles. The van der Waals surface area contributed by atoms with Gasteiger partial charge in [-0.25, -0.2) is 0 Å². The van der Waals surface area contributed by atoms with Gasteiger partial charge in [-0.1, -0.05) is 19.3 Å². The highest BCUT2D eigenvalue weighted by Crippen LogP contribution is 2.33. The lowest BCUT2D eigenvalue weighted by molar-refractivity contribution is -0.910. The second-order valence-electron chi connectivity index (χ2n) is 7.94. The van der Waals surface area contributed by atoms with Gasteiger partial charge in [0.1, 0.15) is 6.04 Å². The Hall–Kier alpha value is -1.75. The zero-order chi connectivity index (χ0) is 17.8. The number of rotatable bonds is 4. The molecule has 1 saturated carbocycles. The van der Waals surface area contributed by atoms with Crippen LogP contribution in [0.15, 0.2) is 18.2 Å². The van der Waals surface area contributed by atoms with E-state index in [0.29, 0.717) is 31.8 Å². The molecule has 1 amide bonds. The van der Waals surface area contributed by atoms with Gasteiger partial charge in [0.15, 0.2) is 18.0 Å². The van der Waals surface area contributed by atoms with Crippen LogP contribution in [0.4, 0.5) is 0 Å². The van der Waals surface area contributed by atoms with Gasteiger partial charge in [-0.05, 0) is 31.0 Å². The van der Waals surface area contributed by atoms with Crippen molar-refractivity contribution in [2.75, 3.05) is 26.3 Å². The lowest BCUT2D eigenvalue weighted by Crippen LogP contribution is -3.11. The summed E-state index contributed by atoms with van der Waals surface area (Å²) in [7, 11) is 0. The van der Waals surface area contributed by atoms with Gasteiger partial charge >= 0.3 is 0 Å². The average Bonchev–Trinajstić information content (AvgIpc) is 2.98. The van der Waals surface area contributed by atoms with Crippen molar-refractivity contribution in [1.29, 1.82) is 0 Å². The molecule has 142 valence electrons. The normalized spacial score (nSPS) is 26.3. The number of ether oxygens (including phenoxy) is 2. The second-order valence-corrected chi connectivity index (χ2v) is 7.94. The van der Waals surface area contributed by atoms with Gasteiger partial charge in [-0.2, -0.15) is 0 Å². The van der Waals surface area contributed by atoms with Crippen LogP contribution in [0.3, 0.4) is 0 Å². The number of hydrogen-bond acceptors (Lipinski definition) is 3. The van der Waals surface area contributed by atoms with Crippen molar-refractivity contribution in [3.8, 4) is 11.5 Å². The van der Waals surface area contributed by atoms with E-state index in [-0.39, 0.29) is 5.91 Å².